The number of anilines is 1. The third-order valence-corrected chi connectivity index (χ3v) is 6.40. The van der Waals surface area contributed by atoms with Crippen molar-refractivity contribution in [3.63, 3.8) is 0 Å². The Hall–Kier alpha value is -2.09. The van der Waals surface area contributed by atoms with Gasteiger partial charge in [-0.1, -0.05) is 19.1 Å². The molecular weight excluding hydrogens is 388 g/mol. The molecule has 1 aliphatic rings. The van der Waals surface area contributed by atoms with E-state index in [2.05, 4.69) is 33.9 Å². The first kappa shape index (κ1) is 21.6. The molecule has 1 heterocycles. The van der Waals surface area contributed by atoms with Gasteiger partial charge in [-0.3, -0.25) is 0 Å². The van der Waals surface area contributed by atoms with E-state index < -0.39 is 10.0 Å². The highest BCUT2D eigenvalue weighted by atomic mass is 32.2. The molecule has 0 saturated carbocycles. The van der Waals surface area contributed by atoms with Gasteiger partial charge in [0.05, 0.1) is 24.7 Å². The Morgan fingerprint density at radius 1 is 1.10 bits per heavy atom. The van der Waals surface area contributed by atoms with Gasteiger partial charge >= 0.3 is 0 Å². The minimum absolute atomic E-state index is 0.265. The molecule has 0 atom stereocenters. The van der Waals surface area contributed by atoms with Gasteiger partial charge < -0.3 is 14.4 Å². The van der Waals surface area contributed by atoms with Gasteiger partial charge in [-0.2, -0.15) is 0 Å². The molecule has 0 bridgehead atoms. The van der Waals surface area contributed by atoms with Crippen LogP contribution in [0.3, 0.4) is 0 Å². The summed E-state index contributed by atoms with van der Waals surface area (Å²) >= 11 is 0. The molecule has 0 aromatic heterocycles. The fourth-order valence-corrected chi connectivity index (χ4v) is 4.39. The molecule has 3 rings (SSSR count). The Labute approximate surface area is 173 Å². The van der Waals surface area contributed by atoms with Gasteiger partial charge in [-0.25, -0.2) is 13.1 Å². The standard InChI is InChI=1S/C22H30N2O4S/c1-3-14-28-22-9-8-21(17-18(22)2)29(25,26)23-11-10-19-4-6-20(7-5-19)24-12-15-27-16-13-24/h4-9,17,23H,3,10-16H2,1-2H3. The molecule has 158 valence electrons. The number of sulfonamides is 1. The number of ether oxygens (including phenoxy) is 2. The van der Waals surface area contributed by atoms with E-state index in [9.17, 15) is 8.42 Å². The second kappa shape index (κ2) is 10.1. The van der Waals surface area contributed by atoms with Crippen LogP contribution in [-0.2, 0) is 21.2 Å². The molecule has 0 aliphatic carbocycles. The molecule has 0 unspecified atom stereocenters. The van der Waals surface area contributed by atoms with Crippen LogP contribution in [0.2, 0.25) is 0 Å². The lowest BCUT2D eigenvalue weighted by molar-refractivity contribution is 0.122. The van der Waals surface area contributed by atoms with E-state index in [0.717, 1.165) is 49.6 Å². The third-order valence-electron chi connectivity index (χ3n) is 4.94. The van der Waals surface area contributed by atoms with Crippen LogP contribution in [0.5, 0.6) is 5.75 Å². The van der Waals surface area contributed by atoms with Crippen LogP contribution in [-0.4, -0.2) is 47.9 Å². The molecule has 1 fully saturated rings. The summed E-state index contributed by atoms with van der Waals surface area (Å²) in [5.74, 6) is 0.728. The number of nitrogens with one attached hydrogen (secondary N) is 1. The van der Waals surface area contributed by atoms with Crippen molar-refractivity contribution in [2.75, 3.05) is 44.4 Å². The number of aryl methyl sites for hydroxylation is 1. The van der Waals surface area contributed by atoms with Crippen molar-refractivity contribution in [1.82, 2.24) is 4.72 Å². The number of benzene rings is 2. The zero-order valence-electron chi connectivity index (χ0n) is 17.2. The van der Waals surface area contributed by atoms with E-state index in [1.807, 2.05) is 13.8 Å². The fraction of sp³-hybridized carbons (Fsp3) is 0.455. The Balaban J connectivity index is 1.54. The van der Waals surface area contributed by atoms with Crippen molar-refractivity contribution >= 4 is 15.7 Å². The van der Waals surface area contributed by atoms with Gasteiger partial charge in [0.2, 0.25) is 10.0 Å². The van der Waals surface area contributed by atoms with Gasteiger partial charge in [-0.15, -0.1) is 0 Å². The average molecular weight is 419 g/mol. The minimum atomic E-state index is -3.54. The number of morpholine rings is 1. The van der Waals surface area contributed by atoms with Crippen LogP contribution in [0.4, 0.5) is 5.69 Å². The van der Waals surface area contributed by atoms with Crippen molar-refractivity contribution in [2.45, 2.75) is 31.6 Å². The molecule has 1 aliphatic heterocycles. The summed E-state index contributed by atoms with van der Waals surface area (Å²) in [6.07, 6.45) is 1.55. The van der Waals surface area contributed by atoms with Gasteiger partial charge in [0.1, 0.15) is 5.75 Å². The van der Waals surface area contributed by atoms with Crippen LogP contribution in [0.25, 0.3) is 0 Å². The maximum Gasteiger partial charge on any atom is 0.240 e. The summed E-state index contributed by atoms with van der Waals surface area (Å²) in [5, 5.41) is 0. The summed E-state index contributed by atoms with van der Waals surface area (Å²) in [7, 11) is -3.54. The zero-order valence-corrected chi connectivity index (χ0v) is 18.0. The largest absolute Gasteiger partial charge is 0.493 e. The molecule has 2 aromatic rings. The molecule has 1 saturated heterocycles. The lowest BCUT2D eigenvalue weighted by Gasteiger charge is -2.28. The monoisotopic (exact) mass is 418 g/mol. The molecule has 1 N–H and O–H groups in total. The van der Waals surface area contributed by atoms with E-state index in [1.165, 1.54) is 5.69 Å². The molecule has 29 heavy (non-hydrogen) atoms. The summed E-state index contributed by atoms with van der Waals surface area (Å²) < 4.78 is 38.9. The number of rotatable bonds is 9. The van der Waals surface area contributed by atoms with E-state index in [0.29, 0.717) is 19.6 Å². The molecule has 0 spiro atoms. The zero-order chi connectivity index (χ0) is 20.7. The van der Waals surface area contributed by atoms with E-state index in [1.54, 1.807) is 18.2 Å². The maximum atomic E-state index is 12.6. The van der Waals surface area contributed by atoms with Crippen molar-refractivity contribution < 1.29 is 17.9 Å². The minimum Gasteiger partial charge on any atom is -0.493 e. The highest BCUT2D eigenvalue weighted by Gasteiger charge is 2.15. The first-order chi connectivity index (χ1) is 14.0. The van der Waals surface area contributed by atoms with Crippen LogP contribution in [0.15, 0.2) is 47.4 Å². The molecule has 2 aromatic carbocycles. The second-order valence-electron chi connectivity index (χ2n) is 7.19. The summed E-state index contributed by atoms with van der Waals surface area (Å²) in [4.78, 5) is 2.56. The third kappa shape index (κ3) is 5.95. The predicted octanol–water partition coefficient (Wildman–Crippen LogP) is 3.14. The fourth-order valence-electron chi connectivity index (χ4n) is 3.27. The summed E-state index contributed by atoms with van der Waals surface area (Å²) in [6, 6.07) is 13.3. The highest BCUT2D eigenvalue weighted by Crippen LogP contribution is 2.22. The Morgan fingerprint density at radius 2 is 1.83 bits per heavy atom. The molecular formula is C22H30N2O4S. The van der Waals surface area contributed by atoms with E-state index >= 15 is 0 Å². The van der Waals surface area contributed by atoms with E-state index in [-0.39, 0.29) is 4.90 Å². The Bertz CT molecular complexity index is 892. The molecule has 0 radical (unpaired) electrons. The van der Waals surface area contributed by atoms with Gasteiger partial charge in [0.15, 0.2) is 0 Å². The van der Waals surface area contributed by atoms with Crippen LogP contribution in [0, 0.1) is 6.92 Å². The van der Waals surface area contributed by atoms with Crippen molar-refractivity contribution in [3.8, 4) is 5.75 Å². The second-order valence-corrected chi connectivity index (χ2v) is 8.96. The average Bonchev–Trinajstić information content (AvgIpc) is 2.74. The quantitative estimate of drug-likeness (QED) is 0.678. The number of hydrogen-bond acceptors (Lipinski definition) is 5. The van der Waals surface area contributed by atoms with Crippen LogP contribution in [0.1, 0.15) is 24.5 Å². The molecule has 6 nitrogen and oxygen atoms in total. The molecule has 0 amide bonds. The number of hydrogen-bond donors (Lipinski definition) is 1. The topological polar surface area (TPSA) is 67.9 Å². The first-order valence-electron chi connectivity index (χ1n) is 10.1. The smallest absolute Gasteiger partial charge is 0.240 e. The normalized spacial score (nSPS) is 14.8. The summed E-state index contributed by atoms with van der Waals surface area (Å²) in [6.45, 7) is 8.20. The van der Waals surface area contributed by atoms with Gasteiger partial charge in [0.25, 0.3) is 0 Å². The SMILES string of the molecule is CCCOc1ccc(S(=O)(=O)NCCc2ccc(N3CCOCC3)cc2)cc1C. The van der Waals surface area contributed by atoms with Crippen LogP contribution < -0.4 is 14.4 Å². The highest BCUT2D eigenvalue weighted by molar-refractivity contribution is 7.89. The molecule has 7 heteroatoms. The van der Waals surface area contributed by atoms with Crippen LogP contribution >= 0.6 is 0 Å². The Kier molecular flexibility index (Phi) is 7.52. The van der Waals surface area contributed by atoms with Gasteiger partial charge in [-0.05, 0) is 61.2 Å². The maximum absolute atomic E-state index is 12.6. The van der Waals surface area contributed by atoms with Gasteiger partial charge in [0, 0.05) is 25.3 Å². The lowest BCUT2D eigenvalue weighted by Crippen LogP contribution is -2.36. The lowest BCUT2D eigenvalue weighted by atomic mass is 10.1. The van der Waals surface area contributed by atoms with E-state index in [4.69, 9.17) is 9.47 Å². The predicted molar refractivity (Wildman–Crippen MR) is 115 cm³/mol. The first-order valence-corrected chi connectivity index (χ1v) is 11.6. The van der Waals surface area contributed by atoms with Crippen molar-refractivity contribution in [3.05, 3.63) is 53.6 Å². The summed E-state index contributed by atoms with van der Waals surface area (Å²) in [5.41, 5.74) is 3.10. The van der Waals surface area contributed by atoms with Crippen molar-refractivity contribution in [1.29, 1.82) is 0 Å². The Morgan fingerprint density at radius 3 is 2.48 bits per heavy atom. The number of nitrogens with zero attached hydrogens (tertiary/aromatic N) is 1. The van der Waals surface area contributed by atoms with Crippen molar-refractivity contribution in [2.24, 2.45) is 0 Å².